The molecule has 1 aromatic heterocycles. The van der Waals surface area contributed by atoms with Crippen molar-refractivity contribution in [1.29, 1.82) is 0 Å². The standard InChI is InChI=1S/C14H13FN2O3S/c1-8-5-12(18)10(7-16-8)14(19)17-9-3-4-13(21(2)20)11(15)6-9/h3-7H,1-2H3,(H,16,18)(H,17,19). The zero-order valence-electron chi connectivity index (χ0n) is 11.4. The fourth-order valence-electron chi connectivity index (χ4n) is 1.76. The van der Waals surface area contributed by atoms with Crippen LogP contribution >= 0.6 is 0 Å². The summed E-state index contributed by atoms with van der Waals surface area (Å²) in [5.74, 6) is -1.31. The molecule has 1 aromatic carbocycles. The number of aromatic amines is 1. The number of anilines is 1. The third-order valence-electron chi connectivity index (χ3n) is 2.80. The van der Waals surface area contributed by atoms with E-state index in [1.54, 1.807) is 6.92 Å². The molecule has 0 aliphatic heterocycles. The molecule has 7 heteroatoms. The molecule has 0 bridgehead atoms. The van der Waals surface area contributed by atoms with Gasteiger partial charge in [0.15, 0.2) is 5.43 Å². The minimum atomic E-state index is -1.45. The summed E-state index contributed by atoms with van der Waals surface area (Å²) in [4.78, 5) is 26.5. The van der Waals surface area contributed by atoms with Crippen LogP contribution in [0.4, 0.5) is 10.1 Å². The maximum atomic E-state index is 13.7. The van der Waals surface area contributed by atoms with Crippen molar-refractivity contribution in [3.63, 3.8) is 0 Å². The van der Waals surface area contributed by atoms with Gasteiger partial charge >= 0.3 is 0 Å². The number of halogens is 1. The van der Waals surface area contributed by atoms with Gasteiger partial charge in [0.1, 0.15) is 11.4 Å². The van der Waals surface area contributed by atoms with Crippen LogP contribution in [0, 0.1) is 12.7 Å². The summed E-state index contributed by atoms with van der Waals surface area (Å²) in [6, 6.07) is 5.14. The van der Waals surface area contributed by atoms with Crippen LogP contribution in [-0.2, 0) is 10.8 Å². The SMILES string of the molecule is Cc1cc(=O)c(C(=O)Nc2ccc(S(C)=O)c(F)c2)c[nH]1. The van der Waals surface area contributed by atoms with E-state index in [0.29, 0.717) is 5.69 Å². The Bertz CT molecular complexity index is 786. The van der Waals surface area contributed by atoms with Crippen molar-refractivity contribution in [2.45, 2.75) is 11.8 Å². The molecule has 1 heterocycles. The van der Waals surface area contributed by atoms with Gasteiger partial charge in [-0.3, -0.25) is 13.8 Å². The number of aryl methyl sites for hydroxylation is 1. The molecular weight excluding hydrogens is 295 g/mol. The lowest BCUT2D eigenvalue weighted by atomic mass is 10.2. The van der Waals surface area contributed by atoms with Crippen molar-refractivity contribution in [2.75, 3.05) is 11.6 Å². The van der Waals surface area contributed by atoms with E-state index in [1.165, 1.54) is 30.7 Å². The molecule has 1 unspecified atom stereocenters. The predicted molar refractivity (Wildman–Crippen MR) is 78.5 cm³/mol. The van der Waals surface area contributed by atoms with Crippen LogP contribution in [0.5, 0.6) is 0 Å². The topological polar surface area (TPSA) is 79.0 Å². The predicted octanol–water partition coefficient (Wildman–Crippen LogP) is 1.81. The number of nitrogens with one attached hydrogen (secondary N) is 2. The lowest BCUT2D eigenvalue weighted by Crippen LogP contribution is -2.21. The molecule has 5 nitrogen and oxygen atoms in total. The number of benzene rings is 1. The summed E-state index contributed by atoms with van der Waals surface area (Å²) in [6.07, 6.45) is 2.67. The average Bonchev–Trinajstić information content (AvgIpc) is 2.37. The van der Waals surface area contributed by atoms with Gasteiger partial charge in [-0.25, -0.2) is 4.39 Å². The van der Waals surface area contributed by atoms with Crippen molar-refractivity contribution < 1.29 is 13.4 Å². The zero-order chi connectivity index (χ0) is 15.6. The van der Waals surface area contributed by atoms with E-state index in [0.717, 1.165) is 6.07 Å². The lowest BCUT2D eigenvalue weighted by molar-refractivity contribution is 0.102. The second kappa shape index (κ2) is 6.01. The number of hydrogen-bond acceptors (Lipinski definition) is 3. The van der Waals surface area contributed by atoms with E-state index in [9.17, 15) is 18.2 Å². The number of aromatic nitrogens is 1. The highest BCUT2D eigenvalue weighted by molar-refractivity contribution is 7.84. The number of hydrogen-bond donors (Lipinski definition) is 2. The zero-order valence-corrected chi connectivity index (χ0v) is 12.2. The van der Waals surface area contributed by atoms with Crippen molar-refractivity contribution >= 4 is 22.4 Å². The normalized spacial score (nSPS) is 12.0. The molecule has 2 aromatic rings. The minimum Gasteiger partial charge on any atom is -0.364 e. The van der Waals surface area contributed by atoms with Crippen molar-refractivity contribution in [3.8, 4) is 0 Å². The Balaban J connectivity index is 2.26. The fourth-order valence-corrected chi connectivity index (χ4v) is 2.35. The molecule has 2 rings (SSSR count). The molecule has 1 amide bonds. The van der Waals surface area contributed by atoms with Gasteiger partial charge in [-0.2, -0.15) is 0 Å². The molecular formula is C14H13FN2O3S. The van der Waals surface area contributed by atoms with Crippen molar-refractivity contribution in [1.82, 2.24) is 4.98 Å². The Labute approximate surface area is 122 Å². The molecule has 21 heavy (non-hydrogen) atoms. The van der Waals surface area contributed by atoms with Crippen LogP contribution in [0.25, 0.3) is 0 Å². The molecule has 110 valence electrons. The maximum absolute atomic E-state index is 13.7. The molecule has 0 spiro atoms. The summed E-state index contributed by atoms with van der Waals surface area (Å²) in [6.45, 7) is 1.70. The highest BCUT2D eigenvalue weighted by Gasteiger charge is 2.12. The third kappa shape index (κ3) is 3.43. The van der Waals surface area contributed by atoms with E-state index in [2.05, 4.69) is 10.3 Å². The van der Waals surface area contributed by atoms with Gasteiger partial charge in [-0.15, -0.1) is 0 Å². The van der Waals surface area contributed by atoms with E-state index in [-0.39, 0.29) is 16.1 Å². The number of rotatable bonds is 3. The first kappa shape index (κ1) is 15.1. The molecule has 0 radical (unpaired) electrons. The Kier molecular flexibility index (Phi) is 4.32. The van der Waals surface area contributed by atoms with Gasteiger partial charge in [0.25, 0.3) is 5.91 Å². The molecule has 2 N–H and O–H groups in total. The number of amides is 1. The van der Waals surface area contributed by atoms with E-state index in [4.69, 9.17) is 0 Å². The summed E-state index contributed by atoms with van der Waals surface area (Å²) in [5, 5.41) is 2.43. The van der Waals surface area contributed by atoms with Crippen LogP contribution in [-0.4, -0.2) is 21.4 Å². The maximum Gasteiger partial charge on any atom is 0.261 e. The van der Waals surface area contributed by atoms with E-state index in [1.807, 2.05) is 0 Å². The Morgan fingerprint density at radius 2 is 2.05 bits per heavy atom. The first-order valence-corrected chi connectivity index (χ1v) is 7.58. The van der Waals surface area contributed by atoms with E-state index >= 15 is 0 Å². The summed E-state index contributed by atoms with van der Waals surface area (Å²) >= 11 is 0. The number of carbonyl (C=O) groups is 1. The quantitative estimate of drug-likeness (QED) is 0.907. The van der Waals surface area contributed by atoms with Gasteiger partial charge in [-0.1, -0.05) is 0 Å². The van der Waals surface area contributed by atoms with Gasteiger partial charge in [0.05, 0.1) is 15.7 Å². The minimum absolute atomic E-state index is 0.0567. The van der Waals surface area contributed by atoms with Gasteiger partial charge in [0, 0.05) is 29.9 Å². The Hall–Kier alpha value is -2.28. The van der Waals surface area contributed by atoms with Crippen LogP contribution < -0.4 is 10.7 Å². The second-order valence-corrected chi connectivity index (χ2v) is 5.80. The first-order valence-electron chi connectivity index (χ1n) is 6.02. The third-order valence-corrected chi connectivity index (χ3v) is 3.75. The smallest absolute Gasteiger partial charge is 0.261 e. The second-order valence-electron chi connectivity index (χ2n) is 4.45. The Morgan fingerprint density at radius 3 is 2.62 bits per heavy atom. The number of H-pyrrole nitrogens is 1. The van der Waals surface area contributed by atoms with Crippen LogP contribution in [0.1, 0.15) is 16.1 Å². The molecule has 0 aliphatic carbocycles. The molecule has 0 fully saturated rings. The van der Waals surface area contributed by atoms with Crippen molar-refractivity contribution in [2.24, 2.45) is 0 Å². The monoisotopic (exact) mass is 308 g/mol. The molecule has 0 aliphatic rings. The van der Waals surface area contributed by atoms with Gasteiger partial charge < -0.3 is 10.3 Å². The first-order chi connectivity index (χ1) is 9.88. The van der Waals surface area contributed by atoms with Crippen molar-refractivity contribution in [3.05, 3.63) is 57.8 Å². The highest BCUT2D eigenvalue weighted by Crippen LogP contribution is 2.17. The van der Waals surface area contributed by atoms with Crippen LogP contribution in [0.3, 0.4) is 0 Å². The number of pyridine rings is 1. The largest absolute Gasteiger partial charge is 0.364 e. The van der Waals surface area contributed by atoms with Gasteiger partial charge in [0.2, 0.25) is 0 Å². The van der Waals surface area contributed by atoms with Gasteiger partial charge in [-0.05, 0) is 25.1 Å². The van der Waals surface area contributed by atoms with Crippen LogP contribution in [0.2, 0.25) is 0 Å². The average molecular weight is 308 g/mol. The number of carbonyl (C=O) groups excluding carboxylic acids is 1. The molecule has 0 saturated carbocycles. The highest BCUT2D eigenvalue weighted by atomic mass is 32.2. The summed E-state index contributed by atoms with van der Waals surface area (Å²) in [5.41, 5.74) is 0.337. The van der Waals surface area contributed by atoms with E-state index < -0.39 is 28.0 Å². The molecule has 1 atom stereocenters. The lowest BCUT2D eigenvalue weighted by Gasteiger charge is -2.07. The summed E-state index contributed by atoms with van der Waals surface area (Å²) < 4.78 is 24.9. The Morgan fingerprint density at radius 1 is 1.33 bits per heavy atom. The summed E-state index contributed by atoms with van der Waals surface area (Å²) in [7, 11) is -1.45. The van der Waals surface area contributed by atoms with Crippen LogP contribution in [0.15, 0.2) is 40.2 Å². The molecule has 0 saturated heterocycles. The fraction of sp³-hybridized carbons (Fsp3) is 0.143.